The molecule has 5 heteroatoms. The van der Waals surface area contributed by atoms with Crippen molar-refractivity contribution in [2.24, 2.45) is 0 Å². The summed E-state index contributed by atoms with van der Waals surface area (Å²) in [6.07, 6.45) is 3.02. The number of aryl methyl sites for hydroxylation is 2. The molecular weight excluding hydrogens is 310 g/mol. The Balaban J connectivity index is 2.00. The Hall–Kier alpha value is -2.14. The van der Waals surface area contributed by atoms with Crippen molar-refractivity contribution >= 4 is 21.4 Å². The molecule has 0 radical (unpaired) electrons. The highest BCUT2D eigenvalue weighted by molar-refractivity contribution is 7.90. The van der Waals surface area contributed by atoms with Crippen LogP contribution in [0.25, 0.3) is 0 Å². The normalized spacial score (nSPS) is 14.4. The Kier molecular flexibility index (Phi) is 3.98. The monoisotopic (exact) mass is 329 g/mol. The number of anilines is 1. The minimum atomic E-state index is -3.33. The lowest BCUT2D eigenvalue weighted by molar-refractivity contribution is 0.0985. The van der Waals surface area contributed by atoms with Gasteiger partial charge >= 0.3 is 0 Å². The molecule has 0 saturated carbocycles. The molecule has 0 N–H and O–H groups in total. The molecule has 23 heavy (non-hydrogen) atoms. The summed E-state index contributed by atoms with van der Waals surface area (Å²) in [6, 6.07) is 12.3. The van der Waals surface area contributed by atoms with Crippen molar-refractivity contribution in [3.8, 4) is 0 Å². The minimum absolute atomic E-state index is 0.152. The first-order valence-electron chi connectivity index (χ1n) is 7.58. The van der Waals surface area contributed by atoms with E-state index in [4.69, 9.17) is 0 Å². The molecule has 0 aromatic heterocycles. The van der Waals surface area contributed by atoms with Gasteiger partial charge in [0.1, 0.15) is 0 Å². The molecule has 4 nitrogen and oxygen atoms in total. The predicted molar refractivity (Wildman–Crippen MR) is 90.7 cm³/mol. The molecule has 0 fully saturated rings. The molecule has 3 rings (SSSR count). The van der Waals surface area contributed by atoms with Crippen LogP contribution >= 0.6 is 0 Å². The largest absolute Gasteiger partial charge is 0.308 e. The van der Waals surface area contributed by atoms with E-state index >= 15 is 0 Å². The first kappa shape index (κ1) is 15.7. The van der Waals surface area contributed by atoms with Gasteiger partial charge in [0.15, 0.2) is 9.84 Å². The van der Waals surface area contributed by atoms with Crippen molar-refractivity contribution in [1.82, 2.24) is 0 Å². The van der Waals surface area contributed by atoms with Gasteiger partial charge < -0.3 is 4.90 Å². The van der Waals surface area contributed by atoms with Crippen LogP contribution in [0.3, 0.4) is 0 Å². The summed E-state index contributed by atoms with van der Waals surface area (Å²) < 4.78 is 23.4. The Bertz CT molecular complexity index is 872. The van der Waals surface area contributed by atoms with Gasteiger partial charge in [0.25, 0.3) is 5.91 Å². The maximum Gasteiger partial charge on any atom is 0.258 e. The van der Waals surface area contributed by atoms with Gasteiger partial charge in [-0.05, 0) is 49.6 Å². The van der Waals surface area contributed by atoms with Crippen molar-refractivity contribution in [1.29, 1.82) is 0 Å². The van der Waals surface area contributed by atoms with Crippen LogP contribution in [-0.4, -0.2) is 27.1 Å². The van der Waals surface area contributed by atoms with Gasteiger partial charge in [-0.2, -0.15) is 0 Å². The highest BCUT2D eigenvalue weighted by Crippen LogP contribution is 2.29. The van der Waals surface area contributed by atoms with E-state index in [0.717, 1.165) is 24.8 Å². The first-order chi connectivity index (χ1) is 10.9. The standard InChI is InChI=1S/C18H19NO3S/c1-13-8-9-17-14(11-13)6-4-10-19(17)18(20)15-5-3-7-16(12-15)23(2,21)22/h3,5,7-9,11-12H,4,6,10H2,1-2H3. The van der Waals surface area contributed by atoms with E-state index in [1.165, 1.54) is 23.3 Å². The molecule has 0 atom stereocenters. The average Bonchev–Trinajstić information content (AvgIpc) is 2.52. The van der Waals surface area contributed by atoms with Crippen LogP contribution < -0.4 is 4.90 Å². The Morgan fingerprint density at radius 1 is 1.13 bits per heavy atom. The molecule has 120 valence electrons. The second-order valence-electron chi connectivity index (χ2n) is 5.99. The summed E-state index contributed by atoms with van der Waals surface area (Å²) >= 11 is 0. The molecule has 1 amide bonds. The highest BCUT2D eigenvalue weighted by atomic mass is 32.2. The van der Waals surface area contributed by atoms with Crippen LogP contribution in [0.4, 0.5) is 5.69 Å². The predicted octanol–water partition coefficient (Wildman–Crippen LogP) is 2.99. The molecule has 1 aliphatic heterocycles. The number of hydrogen-bond donors (Lipinski definition) is 0. The van der Waals surface area contributed by atoms with Crippen LogP contribution in [0.2, 0.25) is 0 Å². The fraction of sp³-hybridized carbons (Fsp3) is 0.278. The first-order valence-corrected chi connectivity index (χ1v) is 9.47. The third kappa shape index (κ3) is 3.15. The number of hydrogen-bond acceptors (Lipinski definition) is 3. The van der Waals surface area contributed by atoms with Gasteiger partial charge in [0.2, 0.25) is 0 Å². The fourth-order valence-electron chi connectivity index (χ4n) is 2.95. The van der Waals surface area contributed by atoms with Crippen LogP contribution in [0.1, 0.15) is 27.9 Å². The maximum absolute atomic E-state index is 12.9. The second kappa shape index (κ2) is 5.81. The van der Waals surface area contributed by atoms with Crippen LogP contribution in [0.15, 0.2) is 47.4 Å². The highest BCUT2D eigenvalue weighted by Gasteiger charge is 2.24. The van der Waals surface area contributed by atoms with Gasteiger partial charge in [-0.15, -0.1) is 0 Å². The number of carbonyl (C=O) groups excluding carboxylic acids is 1. The van der Waals surface area contributed by atoms with E-state index < -0.39 is 9.84 Å². The molecule has 1 aliphatic rings. The topological polar surface area (TPSA) is 54.5 Å². The van der Waals surface area contributed by atoms with E-state index in [2.05, 4.69) is 6.07 Å². The molecule has 2 aromatic rings. The second-order valence-corrected chi connectivity index (χ2v) is 8.01. The molecule has 0 saturated heterocycles. The number of nitrogens with zero attached hydrogens (tertiary/aromatic N) is 1. The summed E-state index contributed by atoms with van der Waals surface area (Å²) in [5.41, 5.74) is 3.68. The zero-order chi connectivity index (χ0) is 16.6. The molecular formula is C18H19NO3S. The maximum atomic E-state index is 12.9. The zero-order valence-corrected chi connectivity index (χ0v) is 14.1. The lowest BCUT2D eigenvalue weighted by atomic mass is 9.99. The fourth-order valence-corrected chi connectivity index (χ4v) is 3.62. The van der Waals surface area contributed by atoms with Crippen molar-refractivity contribution in [3.05, 3.63) is 59.2 Å². The summed E-state index contributed by atoms with van der Waals surface area (Å²) in [7, 11) is -3.33. The summed E-state index contributed by atoms with van der Waals surface area (Å²) in [5, 5.41) is 0. The van der Waals surface area contributed by atoms with Crippen molar-refractivity contribution in [3.63, 3.8) is 0 Å². The lowest BCUT2D eigenvalue weighted by Crippen LogP contribution is -2.35. The van der Waals surface area contributed by atoms with Gasteiger partial charge in [-0.1, -0.05) is 23.8 Å². The van der Waals surface area contributed by atoms with Gasteiger partial charge in [0.05, 0.1) is 4.90 Å². The molecule has 2 aromatic carbocycles. The zero-order valence-electron chi connectivity index (χ0n) is 13.2. The van der Waals surface area contributed by atoms with E-state index in [1.54, 1.807) is 17.0 Å². The van der Waals surface area contributed by atoms with Gasteiger partial charge in [-0.3, -0.25) is 4.79 Å². The quantitative estimate of drug-likeness (QED) is 0.851. The summed E-state index contributed by atoms with van der Waals surface area (Å²) in [6.45, 7) is 2.69. The molecule has 0 spiro atoms. The summed E-state index contributed by atoms with van der Waals surface area (Å²) in [4.78, 5) is 14.8. The Morgan fingerprint density at radius 2 is 1.91 bits per heavy atom. The van der Waals surface area contributed by atoms with Crippen molar-refractivity contribution < 1.29 is 13.2 Å². The number of sulfone groups is 1. The SMILES string of the molecule is Cc1ccc2c(c1)CCCN2C(=O)c1cccc(S(C)(=O)=O)c1. The van der Waals surface area contributed by atoms with E-state index in [9.17, 15) is 13.2 Å². The van der Waals surface area contributed by atoms with E-state index in [1.807, 2.05) is 19.1 Å². The number of benzene rings is 2. The molecule has 1 heterocycles. The molecule has 0 bridgehead atoms. The lowest BCUT2D eigenvalue weighted by Gasteiger charge is -2.30. The van der Waals surface area contributed by atoms with E-state index in [0.29, 0.717) is 12.1 Å². The Labute approximate surface area is 136 Å². The van der Waals surface area contributed by atoms with Crippen molar-refractivity contribution in [2.75, 3.05) is 17.7 Å². The number of amides is 1. The van der Waals surface area contributed by atoms with Crippen molar-refractivity contribution in [2.45, 2.75) is 24.7 Å². The number of rotatable bonds is 2. The van der Waals surface area contributed by atoms with E-state index in [-0.39, 0.29) is 10.8 Å². The number of fused-ring (bicyclic) bond motifs is 1. The van der Waals surface area contributed by atoms with Crippen LogP contribution in [-0.2, 0) is 16.3 Å². The van der Waals surface area contributed by atoms with Crippen LogP contribution in [0.5, 0.6) is 0 Å². The van der Waals surface area contributed by atoms with Gasteiger partial charge in [0, 0.05) is 24.1 Å². The molecule has 0 aliphatic carbocycles. The summed E-state index contributed by atoms with van der Waals surface area (Å²) in [5.74, 6) is -0.152. The minimum Gasteiger partial charge on any atom is -0.308 e. The Morgan fingerprint density at radius 3 is 2.65 bits per heavy atom. The smallest absolute Gasteiger partial charge is 0.258 e. The molecule has 0 unspecified atom stereocenters. The number of carbonyl (C=O) groups is 1. The third-order valence-corrected chi connectivity index (χ3v) is 5.22. The third-order valence-electron chi connectivity index (χ3n) is 4.11. The van der Waals surface area contributed by atoms with Gasteiger partial charge in [-0.25, -0.2) is 8.42 Å². The average molecular weight is 329 g/mol. The van der Waals surface area contributed by atoms with Crippen LogP contribution in [0, 0.1) is 6.92 Å².